The Morgan fingerprint density at radius 3 is 2.22 bits per heavy atom. The van der Waals surface area contributed by atoms with Gasteiger partial charge in [0.25, 0.3) is 5.91 Å². The maximum absolute atomic E-state index is 13.0. The van der Waals surface area contributed by atoms with Gasteiger partial charge in [0.1, 0.15) is 12.4 Å². The van der Waals surface area contributed by atoms with Gasteiger partial charge in [0.05, 0.1) is 9.92 Å². The van der Waals surface area contributed by atoms with Gasteiger partial charge in [0, 0.05) is 51.4 Å². The molecule has 0 atom stereocenters. The van der Waals surface area contributed by atoms with Gasteiger partial charge in [0.15, 0.2) is 0 Å². The molecule has 1 aliphatic rings. The summed E-state index contributed by atoms with van der Waals surface area (Å²) in [4.78, 5) is 16.5. The molecular formula is C23H30ClN3O4S. The molecule has 0 unspecified atom stereocenters. The molecule has 1 aliphatic heterocycles. The van der Waals surface area contributed by atoms with Crippen LogP contribution in [-0.4, -0.2) is 80.9 Å². The molecule has 32 heavy (non-hydrogen) atoms. The highest BCUT2D eigenvalue weighted by molar-refractivity contribution is 7.89. The number of hydrogen-bond acceptors (Lipinski definition) is 5. The van der Waals surface area contributed by atoms with E-state index in [0.29, 0.717) is 68.8 Å². The van der Waals surface area contributed by atoms with Crippen LogP contribution in [0, 0.1) is 0 Å². The minimum Gasteiger partial charge on any atom is -0.491 e. The van der Waals surface area contributed by atoms with E-state index in [-0.39, 0.29) is 10.8 Å². The molecule has 2 aromatic rings. The molecule has 1 saturated heterocycles. The van der Waals surface area contributed by atoms with Crippen LogP contribution in [-0.2, 0) is 10.0 Å². The average Bonchev–Trinajstić information content (AvgIpc) is 2.81. The second kappa shape index (κ2) is 11.1. The number of piperazine rings is 1. The third-order valence-corrected chi connectivity index (χ3v) is 7.85. The Bertz CT molecular complexity index is 1000. The molecule has 2 aromatic carbocycles. The summed E-state index contributed by atoms with van der Waals surface area (Å²) >= 11 is 6.10. The number of halogens is 1. The molecule has 7 nitrogen and oxygen atoms in total. The Hall–Kier alpha value is -2.13. The number of ether oxygens (including phenoxy) is 1. The Morgan fingerprint density at radius 2 is 1.62 bits per heavy atom. The van der Waals surface area contributed by atoms with Crippen molar-refractivity contribution in [1.29, 1.82) is 0 Å². The van der Waals surface area contributed by atoms with Gasteiger partial charge in [-0.2, -0.15) is 4.31 Å². The fourth-order valence-electron chi connectivity index (χ4n) is 3.65. The van der Waals surface area contributed by atoms with Gasteiger partial charge in [-0.1, -0.05) is 23.7 Å². The molecular weight excluding hydrogens is 450 g/mol. The third-order valence-electron chi connectivity index (χ3n) is 5.62. The van der Waals surface area contributed by atoms with Crippen molar-refractivity contribution in [3.05, 3.63) is 59.1 Å². The molecule has 0 N–H and O–H groups in total. The Labute approximate surface area is 195 Å². The van der Waals surface area contributed by atoms with E-state index >= 15 is 0 Å². The number of sulfonamides is 1. The SMILES string of the molecule is CCN(CC)C(=O)c1ccc(S(=O)(=O)N2CCN(CCOc3ccccc3Cl)CC2)cc1. The molecule has 1 fully saturated rings. The molecule has 1 heterocycles. The van der Waals surface area contributed by atoms with E-state index in [2.05, 4.69) is 4.90 Å². The molecule has 0 bridgehead atoms. The fourth-order valence-corrected chi connectivity index (χ4v) is 5.26. The third kappa shape index (κ3) is 5.81. The summed E-state index contributed by atoms with van der Waals surface area (Å²) in [6.07, 6.45) is 0. The van der Waals surface area contributed by atoms with Gasteiger partial charge in [-0.15, -0.1) is 0 Å². The average molecular weight is 480 g/mol. The van der Waals surface area contributed by atoms with Gasteiger partial charge in [-0.3, -0.25) is 9.69 Å². The zero-order valence-electron chi connectivity index (χ0n) is 18.5. The highest BCUT2D eigenvalue weighted by Crippen LogP contribution is 2.23. The second-order valence-corrected chi connectivity index (χ2v) is 9.87. The summed E-state index contributed by atoms with van der Waals surface area (Å²) in [5, 5.41) is 0.577. The Kier molecular flexibility index (Phi) is 8.53. The van der Waals surface area contributed by atoms with Crippen molar-refractivity contribution in [2.75, 3.05) is 52.4 Å². The number of rotatable bonds is 9. The lowest BCUT2D eigenvalue weighted by Gasteiger charge is -2.33. The van der Waals surface area contributed by atoms with Gasteiger partial charge in [0.2, 0.25) is 10.0 Å². The first-order valence-electron chi connectivity index (χ1n) is 10.9. The molecule has 9 heteroatoms. The van der Waals surface area contributed by atoms with Crippen LogP contribution in [0.5, 0.6) is 5.75 Å². The summed E-state index contributed by atoms with van der Waals surface area (Å²) in [6.45, 7) is 8.33. The minimum absolute atomic E-state index is 0.0911. The second-order valence-electron chi connectivity index (χ2n) is 7.53. The minimum atomic E-state index is -3.60. The van der Waals surface area contributed by atoms with E-state index in [1.54, 1.807) is 23.1 Å². The molecule has 0 aliphatic carbocycles. The van der Waals surface area contributed by atoms with Crippen LogP contribution in [0.1, 0.15) is 24.2 Å². The van der Waals surface area contributed by atoms with Gasteiger partial charge >= 0.3 is 0 Å². The van der Waals surface area contributed by atoms with Crippen molar-refractivity contribution in [2.24, 2.45) is 0 Å². The monoisotopic (exact) mass is 479 g/mol. The van der Waals surface area contributed by atoms with Gasteiger partial charge < -0.3 is 9.64 Å². The van der Waals surface area contributed by atoms with Crippen LogP contribution >= 0.6 is 11.6 Å². The highest BCUT2D eigenvalue weighted by atomic mass is 35.5. The number of nitrogens with zero attached hydrogens (tertiary/aromatic N) is 3. The lowest BCUT2D eigenvalue weighted by atomic mass is 10.2. The molecule has 3 rings (SSSR count). The van der Waals surface area contributed by atoms with E-state index in [0.717, 1.165) is 0 Å². The first-order chi connectivity index (χ1) is 15.4. The summed E-state index contributed by atoms with van der Waals surface area (Å²) < 4.78 is 33.3. The quantitative estimate of drug-likeness (QED) is 0.552. The molecule has 174 valence electrons. The zero-order chi connectivity index (χ0) is 23.1. The van der Waals surface area contributed by atoms with Crippen molar-refractivity contribution in [2.45, 2.75) is 18.7 Å². The zero-order valence-corrected chi connectivity index (χ0v) is 20.1. The number of carbonyl (C=O) groups is 1. The predicted octanol–water partition coefficient (Wildman–Crippen LogP) is 3.21. The van der Waals surface area contributed by atoms with Crippen molar-refractivity contribution in [3.8, 4) is 5.75 Å². The topological polar surface area (TPSA) is 70.2 Å². The van der Waals surface area contributed by atoms with E-state index in [1.807, 2.05) is 32.0 Å². The molecule has 0 radical (unpaired) electrons. The van der Waals surface area contributed by atoms with Crippen molar-refractivity contribution < 1.29 is 17.9 Å². The number of para-hydroxylation sites is 1. The number of benzene rings is 2. The predicted molar refractivity (Wildman–Crippen MR) is 126 cm³/mol. The van der Waals surface area contributed by atoms with Crippen molar-refractivity contribution in [1.82, 2.24) is 14.1 Å². The smallest absolute Gasteiger partial charge is 0.253 e. The van der Waals surface area contributed by atoms with Crippen molar-refractivity contribution >= 4 is 27.5 Å². The van der Waals surface area contributed by atoms with Gasteiger partial charge in [-0.05, 0) is 50.2 Å². The lowest BCUT2D eigenvalue weighted by Crippen LogP contribution is -2.49. The van der Waals surface area contributed by atoms with Gasteiger partial charge in [-0.25, -0.2) is 8.42 Å². The van der Waals surface area contributed by atoms with E-state index < -0.39 is 10.0 Å². The first kappa shape index (κ1) is 24.5. The Morgan fingerprint density at radius 1 is 1.00 bits per heavy atom. The van der Waals surface area contributed by atoms with Crippen LogP contribution in [0.3, 0.4) is 0 Å². The van der Waals surface area contributed by atoms with Crippen LogP contribution in [0.25, 0.3) is 0 Å². The number of amides is 1. The summed E-state index contributed by atoms with van der Waals surface area (Å²) in [7, 11) is -3.60. The number of carbonyl (C=O) groups excluding carboxylic acids is 1. The summed E-state index contributed by atoms with van der Waals surface area (Å²) in [6, 6.07) is 13.6. The van der Waals surface area contributed by atoms with Crippen LogP contribution in [0.2, 0.25) is 5.02 Å². The van der Waals surface area contributed by atoms with Crippen LogP contribution in [0.4, 0.5) is 0 Å². The molecule has 0 saturated carbocycles. The van der Waals surface area contributed by atoms with E-state index in [4.69, 9.17) is 16.3 Å². The standard InChI is InChI=1S/C23H30ClN3O4S/c1-3-26(4-2)23(28)19-9-11-20(12-10-19)32(29,30)27-15-13-25(14-16-27)17-18-31-22-8-6-5-7-21(22)24/h5-12H,3-4,13-18H2,1-2H3. The Balaban J connectivity index is 1.53. The summed E-state index contributed by atoms with van der Waals surface area (Å²) in [5.74, 6) is 0.560. The molecule has 0 spiro atoms. The normalized spacial score (nSPS) is 15.5. The van der Waals surface area contributed by atoms with Crippen molar-refractivity contribution in [3.63, 3.8) is 0 Å². The largest absolute Gasteiger partial charge is 0.491 e. The van der Waals surface area contributed by atoms with E-state index in [9.17, 15) is 13.2 Å². The first-order valence-corrected chi connectivity index (χ1v) is 12.7. The molecule has 1 amide bonds. The summed E-state index contributed by atoms with van der Waals surface area (Å²) in [5.41, 5.74) is 0.496. The maximum atomic E-state index is 13.0. The lowest BCUT2D eigenvalue weighted by molar-refractivity contribution is 0.0773. The molecule has 0 aromatic heterocycles. The number of hydrogen-bond donors (Lipinski definition) is 0. The van der Waals surface area contributed by atoms with E-state index in [1.165, 1.54) is 16.4 Å². The maximum Gasteiger partial charge on any atom is 0.253 e. The fraction of sp³-hybridized carbons (Fsp3) is 0.435. The van der Waals surface area contributed by atoms with Crippen LogP contribution in [0.15, 0.2) is 53.4 Å². The van der Waals surface area contributed by atoms with Crippen LogP contribution < -0.4 is 4.74 Å². The highest BCUT2D eigenvalue weighted by Gasteiger charge is 2.28.